The van der Waals surface area contributed by atoms with Crippen LogP contribution in [0.1, 0.15) is 20.3 Å². The van der Waals surface area contributed by atoms with Crippen LogP contribution in [0, 0.1) is 11.3 Å². The Morgan fingerprint density at radius 3 is 2.95 bits per heavy atom. The Kier molecular flexibility index (Phi) is 4.42. The van der Waals surface area contributed by atoms with Gasteiger partial charge >= 0.3 is 0 Å². The van der Waals surface area contributed by atoms with Crippen molar-refractivity contribution in [3.05, 3.63) is 71.5 Å². The van der Waals surface area contributed by atoms with Crippen LogP contribution in [0.4, 0.5) is 0 Å². The summed E-state index contributed by atoms with van der Waals surface area (Å²) in [6, 6.07) is 2.44. The first-order valence-electron chi connectivity index (χ1n) is 6.98. The normalized spacial score (nSPS) is 21.4. The van der Waals surface area contributed by atoms with E-state index in [-0.39, 0.29) is 6.04 Å². The van der Waals surface area contributed by atoms with Gasteiger partial charge in [0.25, 0.3) is 0 Å². The average Bonchev–Trinajstić information content (AvgIpc) is 2.64. The Morgan fingerprint density at radius 2 is 2.30 bits per heavy atom. The first-order chi connectivity index (χ1) is 9.71. The Morgan fingerprint density at radius 1 is 1.50 bits per heavy atom. The fourth-order valence-electron chi connectivity index (χ4n) is 2.57. The first kappa shape index (κ1) is 14.1. The quantitative estimate of drug-likeness (QED) is 0.716. The molecule has 0 aromatic carbocycles. The van der Waals surface area contributed by atoms with Gasteiger partial charge < -0.3 is 4.90 Å². The Bertz CT molecular complexity index is 591. The van der Waals surface area contributed by atoms with E-state index >= 15 is 0 Å². The molecule has 0 saturated heterocycles. The molecule has 0 aromatic rings. The highest BCUT2D eigenvalue weighted by Crippen LogP contribution is 2.32. The van der Waals surface area contributed by atoms with Gasteiger partial charge in [-0.3, -0.25) is 0 Å². The molecule has 0 radical (unpaired) electrons. The van der Waals surface area contributed by atoms with E-state index in [1.165, 1.54) is 11.3 Å². The molecule has 0 spiro atoms. The van der Waals surface area contributed by atoms with E-state index in [2.05, 4.69) is 55.7 Å². The third-order valence-electron chi connectivity index (χ3n) is 3.60. The molecule has 0 saturated carbocycles. The molecule has 0 fully saturated rings. The van der Waals surface area contributed by atoms with Gasteiger partial charge in [0.2, 0.25) is 0 Å². The van der Waals surface area contributed by atoms with Crippen LogP contribution < -0.4 is 0 Å². The summed E-state index contributed by atoms with van der Waals surface area (Å²) in [7, 11) is 0. The fraction of sp³-hybridized carbons (Fsp3) is 0.278. The van der Waals surface area contributed by atoms with Gasteiger partial charge in [0.1, 0.15) is 0 Å². The van der Waals surface area contributed by atoms with E-state index in [9.17, 15) is 5.26 Å². The van der Waals surface area contributed by atoms with Crippen molar-refractivity contribution in [1.82, 2.24) is 4.90 Å². The van der Waals surface area contributed by atoms with Crippen molar-refractivity contribution in [2.75, 3.05) is 6.54 Å². The zero-order chi connectivity index (χ0) is 14.5. The summed E-state index contributed by atoms with van der Waals surface area (Å²) in [5, 5.41) is 9.17. The van der Waals surface area contributed by atoms with Gasteiger partial charge in [-0.05, 0) is 31.1 Å². The summed E-state index contributed by atoms with van der Waals surface area (Å²) < 4.78 is 0. The number of hydrogen-bond donors (Lipinski definition) is 0. The van der Waals surface area contributed by atoms with Crippen LogP contribution in [-0.2, 0) is 0 Å². The van der Waals surface area contributed by atoms with Crippen LogP contribution in [0.5, 0.6) is 0 Å². The van der Waals surface area contributed by atoms with Crippen LogP contribution in [0.25, 0.3) is 0 Å². The largest absolute Gasteiger partial charge is 0.361 e. The van der Waals surface area contributed by atoms with Crippen LogP contribution in [0.2, 0.25) is 0 Å². The predicted molar refractivity (Wildman–Crippen MR) is 83.7 cm³/mol. The maximum absolute atomic E-state index is 9.17. The standard InChI is InChI=1S/C18H20N2/c1-4-6-7-18-14(3)20(10-5-2)17-9-8-15(13-19)11-16(18)12-17/h5-9,11-12,17H,2,4,10H2,1,3H3/b7-6-. The number of rotatable bonds is 4. The molecular formula is C18H20N2. The van der Waals surface area contributed by atoms with E-state index in [1.807, 2.05) is 18.2 Å². The minimum atomic E-state index is 0.198. The van der Waals surface area contributed by atoms with E-state index in [4.69, 9.17) is 0 Å². The monoisotopic (exact) mass is 264 g/mol. The molecule has 0 amide bonds. The minimum Gasteiger partial charge on any atom is -0.361 e. The lowest BCUT2D eigenvalue weighted by atomic mass is 9.95. The van der Waals surface area contributed by atoms with Crippen LogP contribution >= 0.6 is 0 Å². The van der Waals surface area contributed by atoms with Crippen molar-refractivity contribution in [2.45, 2.75) is 26.3 Å². The van der Waals surface area contributed by atoms with Gasteiger partial charge in [-0.1, -0.05) is 37.3 Å². The fourth-order valence-corrected chi connectivity index (χ4v) is 2.57. The Labute approximate surface area is 121 Å². The second-order valence-corrected chi connectivity index (χ2v) is 4.93. The van der Waals surface area contributed by atoms with Gasteiger partial charge in [0, 0.05) is 17.8 Å². The smallest absolute Gasteiger partial charge is 0.0991 e. The molecule has 1 unspecified atom stereocenters. The molecule has 1 heterocycles. The molecule has 2 nitrogen and oxygen atoms in total. The molecule has 2 aliphatic rings. The summed E-state index contributed by atoms with van der Waals surface area (Å²) in [5.74, 6) is 0. The molecule has 20 heavy (non-hydrogen) atoms. The molecule has 102 valence electrons. The minimum absolute atomic E-state index is 0.198. The summed E-state index contributed by atoms with van der Waals surface area (Å²) >= 11 is 0. The van der Waals surface area contributed by atoms with Gasteiger partial charge in [-0.15, -0.1) is 6.58 Å². The summed E-state index contributed by atoms with van der Waals surface area (Å²) in [5.41, 5.74) is 4.27. The summed E-state index contributed by atoms with van der Waals surface area (Å²) in [6.45, 7) is 8.91. The average molecular weight is 264 g/mol. The zero-order valence-electron chi connectivity index (χ0n) is 12.1. The molecule has 2 rings (SSSR count). The van der Waals surface area contributed by atoms with Crippen LogP contribution in [0.15, 0.2) is 71.5 Å². The number of fused-ring (bicyclic) bond motifs is 1. The van der Waals surface area contributed by atoms with Crippen molar-refractivity contribution in [3.63, 3.8) is 0 Å². The highest BCUT2D eigenvalue weighted by molar-refractivity contribution is 5.58. The third kappa shape index (κ3) is 2.67. The number of allylic oxidation sites excluding steroid dienone is 8. The van der Waals surface area contributed by atoms with E-state index < -0.39 is 0 Å². The lowest BCUT2D eigenvalue weighted by Crippen LogP contribution is -2.34. The van der Waals surface area contributed by atoms with Crippen LogP contribution in [0.3, 0.4) is 0 Å². The van der Waals surface area contributed by atoms with E-state index in [0.717, 1.165) is 18.5 Å². The summed E-state index contributed by atoms with van der Waals surface area (Å²) in [4.78, 5) is 2.30. The van der Waals surface area contributed by atoms with Crippen LogP contribution in [-0.4, -0.2) is 17.5 Å². The lowest BCUT2D eigenvalue weighted by molar-refractivity contribution is 0.356. The second kappa shape index (κ2) is 6.25. The third-order valence-corrected chi connectivity index (χ3v) is 3.60. The van der Waals surface area contributed by atoms with Crippen molar-refractivity contribution in [1.29, 1.82) is 5.26 Å². The van der Waals surface area contributed by atoms with Gasteiger partial charge in [0.15, 0.2) is 0 Å². The SMILES string of the molecule is C=CCN1C(C)=C(/C=C\CC)C2=CC1C=CC(C#N)=C2. The maximum Gasteiger partial charge on any atom is 0.0991 e. The highest BCUT2D eigenvalue weighted by atomic mass is 15.2. The highest BCUT2D eigenvalue weighted by Gasteiger charge is 2.23. The Balaban J connectivity index is 2.51. The molecule has 2 bridgehead atoms. The number of hydrogen-bond acceptors (Lipinski definition) is 2. The van der Waals surface area contributed by atoms with Crippen molar-refractivity contribution >= 4 is 0 Å². The van der Waals surface area contributed by atoms with Crippen molar-refractivity contribution in [2.24, 2.45) is 0 Å². The second-order valence-electron chi connectivity index (χ2n) is 4.93. The summed E-state index contributed by atoms with van der Waals surface area (Å²) in [6.07, 6.45) is 15.4. The molecule has 0 N–H and O–H groups in total. The molecule has 2 heteroatoms. The maximum atomic E-state index is 9.17. The number of nitriles is 1. The van der Waals surface area contributed by atoms with Crippen molar-refractivity contribution in [3.8, 4) is 6.07 Å². The predicted octanol–water partition coefficient (Wildman–Crippen LogP) is 4.04. The molecule has 1 aliphatic heterocycles. The molecule has 0 aromatic heterocycles. The number of nitrogens with zero attached hydrogens (tertiary/aromatic N) is 2. The molecule has 1 aliphatic carbocycles. The topological polar surface area (TPSA) is 27.0 Å². The lowest BCUT2D eigenvalue weighted by Gasteiger charge is -2.35. The van der Waals surface area contributed by atoms with Crippen molar-refractivity contribution < 1.29 is 0 Å². The first-order valence-corrected chi connectivity index (χ1v) is 6.98. The zero-order valence-corrected chi connectivity index (χ0v) is 12.1. The molecule has 1 atom stereocenters. The van der Waals surface area contributed by atoms with E-state index in [0.29, 0.717) is 5.57 Å². The van der Waals surface area contributed by atoms with Gasteiger partial charge in [0.05, 0.1) is 17.7 Å². The van der Waals surface area contributed by atoms with Gasteiger partial charge in [-0.25, -0.2) is 0 Å². The van der Waals surface area contributed by atoms with E-state index in [1.54, 1.807) is 0 Å². The van der Waals surface area contributed by atoms with Gasteiger partial charge in [-0.2, -0.15) is 5.26 Å². The molecular weight excluding hydrogens is 244 g/mol. The Hall–Kier alpha value is -2.27.